The average molecular weight is 472 g/mol. The lowest BCUT2D eigenvalue weighted by atomic mass is 9.98. The Balaban J connectivity index is 1.49. The van der Waals surface area contributed by atoms with Crippen LogP contribution < -0.4 is 15.4 Å². The molecule has 176 valence electrons. The number of piperidine rings is 1. The van der Waals surface area contributed by atoms with E-state index in [1.807, 2.05) is 24.3 Å². The fourth-order valence-electron chi connectivity index (χ4n) is 4.20. The minimum Gasteiger partial charge on any atom is -0.482 e. The second-order valence-electron chi connectivity index (χ2n) is 8.92. The lowest BCUT2D eigenvalue weighted by molar-refractivity contribution is -0.121. The summed E-state index contributed by atoms with van der Waals surface area (Å²) in [5, 5.41) is 5.61. The number of carbonyl (C=O) groups excluding carboxylic acids is 2. The van der Waals surface area contributed by atoms with Crippen LogP contribution in [-0.2, 0) is 19.6 Å². The maximum Gasteiger partial charge on any atom is 0.262 e. The molecule has 8 nitrogen and oxygen atoms in total. The number of hydrogen-bond donors (Lipinski definition) is 2. The van der Waals surface area contributed by atoms with Crippen molar-refractivity contribution in [1.29, 1.82) is 0 Å². The SMILES string of the molecule is Cc1cc2c(cc1S(=O)(=O)N1CCC[C@@H](C(=O)Nc3ccc(C(C)C)cc3)C1)OCC(=O)N2. The highest BCUT2D eigenvalue weighted by Gasteiger charge is 2.35. The molecule has 2 aliphatic heterocycles. The van der Waals surface area contributed by atoms with Gasteiger partial charge in [0, 0.05) is 24.8 Å². The Morgan fingerprint density at radius 2 is 1.94 bits per heavy atom. The van der Waals surface area contributed by atoms with E-state index in [0.29, 0.717) is 48.0 Å². The lowest BCUT2D eigenvalue weighted by Gasteiger charge is -2.32. The molecule has 2 aromatic rings. The molecule has 0 aromatic heterocycles. The van der Waals surface area contributed by atoms with Gasteiger partial charge in [0.15, 0.2) is 6.61 Å². The number of amides is 2. The third-order valence-electron chi connectivity index (χ3n) is 6.13. The van der Waals surface area contributed by atoms with E-state index in [4.69, 9.17) is 4.74 Å². The summed E-state index contributed by atoms with van der Waals surface area (Å²) in [6.45, 7) is 6.21. The summed E-state index contributed by atoms with van der Waals surface area (Å²) in [5.74, 6) is -0.163. The summed E-state index contributed by atoms with van der Waals surface area (Å²) >= 11 is 0. The fraction of sp³-hybridized carbons (Fsp3) is 0.417. The van der Waals surface area contributed by atoms with Gasteiger partial charge in [-0.25, -0.2) is 8.42 Å². The third-order valence-corrected chi connectivity index (χ3v) is 8.13. The highest BCUT2D eigenvalue weighted by molar-refractivity contribution is 7.89. The Kier molecular flexibility index (Phi) is 6.45. The molecular formula is C24H29N3O5S. The van der Waals surface area contributed by atoms with Gasteiger partial charge in [0.1, 0.15) is 5.75 Å². The molecule has 9 heteroatoms. The van der Waals surface area contributed by atoms with Crippen molar-refractivity contribution in [3.05, 3.63) is 47.5 Å². The summed E-state index contributed by atoms with van der Waals surface area (Å²) in [6, 6.07) is 10.8. The number of hydrogen-bond acceptors (Lipinski definition) is 5. The Hall–Kier alpha value is -2.91. The minimum atomic E-state index is -3.83. The molecule has 0 saturated carbocycles. The van der Waals surface area contributed by atoms with E-state index >= 15 is 0 Å². The van der Waals surface area contributed by atoms with Gasteiger partial charge in [-0.1, -0.05) is 26.0 Å². The first kappa shape index (κ1) is 23.3. The normalized spacial score (nSPS) is 18.9. The molecule has 2 N–H and O–H groups in total. The van der Waals surface area contributed by atoms with E-state index in [1.54, 1.807) is 13.0 Å². The van der Waals surface area contributed by atoms with Crippen molar-refractivity contribution in [3.8, 4) is 5.75 Å². The average Bonchev–Trinajstić information content (AvgIpc) is 2.78. The second-order valence-corrected chi connectivity index (χ2v) is 10.8. The molecule has 0 bridgehead atoms. The number of ether oxygens (including phenoxy) is 1. The molecular weight excluding hydrogens is 442 g/mol. The molecule has 1 fully saturated rings. The van der Waals surface area contributed by atoms with E-state index in [1.165, 1.54) is 15.9 Å². The van der Waals surface area contributed by atoms with Crippen LogP contribution in [-0.4, -0.2) is 44.2 Å². The molecule has 2 heterocycles. The van der Waals surface area contributed by atoms with Crippen molar-refractivity contribution < 1.29 is 22.7 Å². The van der Waals surface area contributed by atoms with Crippen molar-refractivity contribution in [2.24, 2.45) is 5.92 Å². The summed E-state index contributed by atoms with van der Waals surface area (Å²) in [5.41, 5.74) is 2.86. The Bertz CT molecular complexity index is 1180. The largest absolute Gasteiger partial charge is 0.482 e. The monoisotopic (exact) mass is 471 g/mol. The molecule has 0 unspecified atom stereocenters. The molecule has 1 saturated heterocycles. The molecule has 4 rings (SSSR count). The zero-order valence-corrected chi connectivity index (χ0v) is 19.9. The van der Waals surface area contributed by atoms with Crippen LogP contribution in [0.3, 0.4) is 0 Å². The number of rotatable bonds is 5. The predicted molar refractivity (Wildman–Crippen MR) is 126 cm³/mol. The summed E-state index contributed by atoms with van der Waals surface area (Å²) in [4.78, 5) is 24.6. The molecule has 0 spiro atoms. The van der Waals surface area contributed by atoms with Crippen LogP contribution in [0.25, 0.3) is 0 Å². The van der Waals surface area contributed by atoms with E-state index in [-0.39, 0.29) is 29.9 Å². The Morgan fingerprint density at radius 3 is 2.64 bits per heavy atom. The number of sulfonamides is 1. The second kappa shape index (κ2) is 9.15. The van der Waals surface area contributed by atoms with E-state index < -0.39 is 15.9 Å². The summed E-state index contributed by atoms with van der Waals surface area (Å²) in [6.07, 6.45) is 1.22. The Morgan fingerprint density at radius 1 is 1.21 bits per heavy atom. The maximum atomic E-state index is 13.4. The van der Waals surface area contributed by atoms with Crippen LogP contribution in [0.1, 0.15) is 43.7 Å². The standard InChI is InChI=1S/C24H29N3O5S/c1-15(2)17-6-8-19(9-7-17)25-24(29)18-5-4-10-27(13-18)33(30,31)22-12-21-20(11-16(22)3)26-23(28)14-32-21/h6-9,11-12,15,18H,4-5,10,13-14H2,1-3H3,(H,25,29)(H,26,28)/t18-/m1/s1. The zero-order valence-electron chi connectivity index (χ0n) is 19.1. The summed E-state index contributed by atoms with van der Waals surface area (Å²) < 4.78 is 33.7. The number of nitrogens with one attached hydrogen (secondary N) is 2. The third kappa shape index (κ3) is 4.89. The molecule has 2 aliphatic rings. The van der Waals surface area contributed by atoms with Gasteiger partial charge in [0.25, 0.3) is 5.91 Å². The highest BCUT2D eigenvalue weighted by Crippen LogP contribution is 2.35. The topological polar surface area (TPSA) is 105 Å². The van der Waals surface area contributed by atoms with Crippen molar-refractivity contribution >= 4 is 33.2 Å². The zero-order chi connectivity index (χ0) is 23.8. The first-order valence-electron chi connectivity index (χ1n) is 11.1. The van der Waals surface area contributed by atoms with Crippen LogP contribution in [0.5, 0.6) is 5.75 Å². The smallest absolute Gasteiger partial charge is 0.262 e. The van der Waals surface area contributed by atoms with Gasteiger partial charge in [-0.2, -0.15) is 4.31 Å². The van der Waals surface area contributed by atoms with E-state index in [0.717, 1.165) is 0 Å². The number of nitrogens with zero attached hydrogens (tertiary/aromatic N) is 1. The lowest BCUT2D eigenvalue weighted by Crippen LogP contribution is -2.43. The quantitative estimate of drug-likeness (QED) is 0.695. The molecule has 0 aliphatic carbocycles. The molecule has 2 aromatic carbocycles. The summed E-state index contributed by atoms with van der Waals surface area (Å²) in [7, 11) is -3.83. The van der Waals surface area contributed by atoms with Gasteiger partial charge in [0.05, 0.1) is 16.5 Å². The fourth-order valence-corrected chi connectivity index (χ4v) is 5.95. The van der Waals surface area contributed by atoms with Crippen molar-refractivity contribution in [2.45, 2.75) is 44.4 Å². The van der Waals surface area contributed by atoms with Crippen LogP contribution >= 0.6 is 0 Å². The van der Waals surface area contributed by atoms with Crippen molar-refractivity contribution in [2.75, 3.05) is 30.3 Å². The first-order valence-corrected chi connectivity index (χ1v) is 12.6. The number of aryl methyl sites for hydroxylation is 1. The van der Waals surface area contributed by atoms with Crippen LogP contribution in [0.15, 0.2) is 41.3 Å². The van der Waals surface area contributed by atoms with Crippen LogP contribution in [0.4, 0.5) is 11.4 Å². The maximum absolute atomic E-state index is 13.4. The number of anilines is 2. The minimum absolute atomic E-state index is 0.117. The van der Waals surface area contributed by atoms with Gasteiger partial charge in [-0.15, -0.1) is 0 Å². The Labute approximate surface area is 194 Å². The van der Waals surface area contributed by atoms with E-state index in [2.05, 4.69) is 24.5 Å². The van der Waals surface area contributed by atoms with Gasteiger partial charge >= 0.3 is 0 Å². The van der Waals surface area contributed by atoms with Crippen molar-refractivity contribution in [1.82, 2.24) is 4.31 Å². The van der Waals surface area contributed by atoms with Crippen LogP contribution in [0.2, 0.25) is 0 Å². The molecule has 0 radical (unpaired) electrons. The first-order chi connectivity index (χ1) is 15.6. The van der Waals surface area contributed by atoms with Gasteiger partial charge in [-0.05, 0) is 55.0 Å². The van der Waals surface area contributed by atoms with Gasteiger partial charge in [0.2, 0.25) is 15.9 Å². The number of carbonyl (C=O) groups is 2. The highest BCUT2D eigenvalue weighted by atomic mass is 32.2. The van der Waals surface area contributed by atoms with E-state index in [9.17, 15) is 18.0 Å². The molecule has 1 atom stereocenters. The molecule has 2 amide bonds. The number of fused-ring (bicyclic) bond motifs is 1. The van der Waals surface area contributed by atoms with Crippen LogP contribution in [0, 0.1) is 12.8 Å². The van der Waals surface area contributed by atoms with Crippen molar-refractivity contribution in [3.63, 3.8) is 0 Å². The van der Waals surface area contributed by atoms with Gasteiger partial charge in [-0.3, -0.25) is 9.59 Å². The van der Waals surface area contributed by atoms with Gasteiger partial charge < -0.3 is 15.4 Å². The molecule has 33 heavy (non-hydrogen) atoms. The number of benzene rings is 2. The predicted octanol–water partition coefficient (Wildman–Crippen LogP) is 3.49.